The molecule has 0 spiro atoms. The van der Waals surface area contributed by atoms with Crippen LogP contribution in [0.15, 0.2) is 47.1 Å². The highest BCUT2D eigenvalue weighted by Gasteiger charge is 2.06. The van der Waals surface area contributed by atoms with Gasteiger partial charge in [-0.25, -0.2) is 13.9 Å². The van der Waals surface area contributed by atoms with Crippen LogP contribution in [0.5, 0.6) is 0 Å². The van der Waals surface area contributed by atoms with Gasteiger partial charge in [0.05, 0.1) is 6.20 Å². The summed E-state index contributed by atoms with van der Waals surface area (Å²) in [6, 6.07) is 10.6. The summed E-state index contributed by atoms with van der Waals surface area (Å²) in [6.45, 7) is 0. The Labute approximate surface area is 105 Å². The lowest BCUT2D eigenvalue weighted by atomic mass is 10.2. The van der Waals surface area contributed by atoms with Gasteiger partial charge in [-0.2, -0.15) is 0 Å². The van der Waals surface area contributed by atoms with Crippen LogP contribution in [-0.4, -0.2) is 14.6 Å². The third-order valence-electron chi connectivity index (χ3n) is 2.40. The summed E-state index contributed by atoms with van der Waals surface area (Å²) < 4.78 is 15.4. The van der Waals surface area contributed by atoms with Gasteiger partial charge in [-0.05, 0) is 24.3 Å². The standard InChI is InChI=1S/C12H7BrFN3/c13-9-3-1-8(2-4-9)12-15-11-6-5-10(14)7-17(11)16-12/h1-7H. The Morgan fingerprint density at radius 1 is 1.06 bits per heavy atom. The van der Waals surface area contributed by atoms with Crippen LogP contribution in [-0.2, 0) is 0 Å². The second-order valence-electron chi connectivity index (χ2n) is 3.59. The minimum absolute atomic E-state index is 0.329. The van der Waals surface area contributed by atoms with E-state index >= 15 is 0 Å². The number of halogens is 2. The Bertz CT molecular complexity index is 676. The van der Waals surface area contributed by atoms with E-state index < -0.39 is 0 Å². The average Bonchev–Trinajstić information content (AvgIpc) is 2.72. The summed E-state index contributed by atoms with van der Waals surface area (Å²) in [5.41, 5.74) is 1.53. The topological polar surface area (TPSA) is 30.2 Å². The van der Waals surface area contributed by atoms with E-state index in [2.05, 4.69) is 26.0 Å². The molecule has 0 bridgehead atoms. The summed E-state index contributed by atoms with van der Waals surface area (Å²) >= 11 is 3.37. The fraction of sp³-hybridized carbons (Fsp3) is 0. The second-order valence-corrected chi connectivity index (χ2v) is 4.51. The third-order valence-corrected chi connectivity index (χ3v) is 2.93. The van der Waals surface area contributed by atoms with Crippen molar-refractivity contribution < 1.29 is 4.39 Å². The van der Waals surface area contributed by atoms with Gasteiger partial charge in [-0.1, -0.05) is 28.1 Å². The van der Waals surface area contributed by atoms with Crippen LogP contribution in [0.1, 0.15) is 0 Å². The lowest BCUT2D eigenvalue weighted by molar-refractivity contribution is 0.615. The summed E-state index contributed by atoms with van der Waals surface area (Å²) in [4.78, 5) is 4.32. The zero-order valence-corrected chi connectivity index (χ0v) is 10.2. The number of aromatic nitrogens is 3. The minimum atomic E-state index is -0.329. The molecule has 2 aromatic heterocycles. The van der Waals surface area contributed by atoms with E-state index in [1.54, 1.807) is 6.07 Å². The zero-order chi connectivity index (χ0) is 11.8. The van der Waals surface area contributed by atoms with E-state index in [9.17, 15) is 4.39 Å². The van der Waals surface area contributed by atoms with E-state index in [0.717, 1.165) is 10.0 Å². The molecule has 0 amide bonds. The molecule has 0 aliphatic rings. The molecule has 5 heteroatoms. The third kappa shape index (κ3) is 1.93. The Hall–Kier alpha value is -1.75. The van der Waals surface area contributed by atoms with Crippen LogP contribution in [0.2, 0.25) is 0 Å². The number of fused-ring (bicyclic) bond motifs is 1. The summed E-state index contributed by atoms with van der Waals surface area (Å²) in [7, 11) is 0. The molecular weight excluding hydrogens is 285 g/mol. The number of nitrogens with zero attached hydrogens (tertiary/aromatic N) is 3. The zero-order valence-electron chi connectivity index (χ0n) is 8.64. The molecule has 0 N–H and O–H groups in total. The summed E-state index contributed by atoms with van der Waals surface area (Å²) in [5.74, 6) is 0.257. The predicted molar refractivity (Wildman–Crippen MR) is 66.1 cm³/mol. The molecule has 3 rings (SSSR count). The first-order chi connectivity index (χ1) is 8.22. The minimum Gasteiger partial charge on any atom is -0.218 e. The molecule has 17 heavy (non-hydrogen) atoms. The van der Waals surface area contributed by atoms with Crippen LogP contribution in [0, 0.1) is 5.82 Å². The maximum Gasteiger partial charge on any atom is 0.182 e. The Morgan fingerprint density at radius 2 is 1.82 bits per heavy atom. The largest absolute Gasteiger partial charge is 0.218 e. The second kappa shape index (κ2) is 3.92. The number of rotatable bonds is 1. The van der Waals surface area contributed by atoms with Crippen LogP contribution in [0.4, 0.5) is 4.39 Å². The lowest BCUT2D eigenvalue weighted by Gasteiger charge is -1.94. The molecule has 3 aromatic rings. The quantitative estimate of drug-likeness (QED) is 0.689. The number of hydrogen-bond donors (Lipinski definition) is 0. The summed E-state index contributed by atoms with van der Waals surface area (Å²) in [6.07, 6.45) is 1.31. The molecule has 2 heterocycles. The van der Waals surface area contributed by atoms with E-state index in [1.807, 2.05) is 24.3 Å². The molecule has 0 fully saturated rings. The van der Waals surface area contributed by atoms with Gasteiger partial charge in [-0.15, -0.1) is 5.10 Å². The Kier molecular flexibility index (Phi) is 2.40. The predicted octanol–water partition coefficient (Wildman–Crippen LogP) is 3.30. The van der Waals surface area contributed by atoms with Gasteiger partial charge < -0.3 is 0 Å². The maximum atomic E-state index is 13.0. The molecule has 0 radical (unpaired) electrons. The molecule has 0 saturated carbocycles. The van der Waals surface area contributed by atoms with Gasteiger partial charge in [-0.3, -0.25) is 0 Å². The number of hydrogen-bond acceptors (Lipinski definition) is 2. The molecule has 0 saturated heterocycles. The molecule has 0 atom stereocenters. The first-order valence-corrected chi connectivity index (χ1v) is 5.79. The van der Waals surface area contributed by atoms with Crippen molar-refractivity contribution in [3.8, 4) is 11.4 Å². The van der Waals surface area contributed by atoms with Gasteiger partial charge in [0.2, 0.25) is 0 Å². The van der Waals surface area contributed by atoms with Crippen LogP contribution < -0.4 is 0 Å². The van der Waals surface area contributed by atoms with E-state index in [1.165, 1.54) is 16.8 Å². The molecule has 0 aliphatic carbocycles. The lowest BCUT2D eigenvalue weighted by Crippen LogP contribution is -1.88. The van der Waals surface area contributed by atoms with Gasteiger partial charge in [0.25, 0.3) is 0 Å². The van der Waals surface area contributed by atoms with Crippen molar-refractivity contribution in [3.63, 3.8) is 0 Å². The van der Waals surface area contributed by atoms with Crippen molar-refractivity contribution in [2.45, 2.75) is 0 Å². The fourth-order valence-electron chi connectivity index (χ4n) is 1.58. The Morgan fingerprint density at radius 3 is 2.59 bits per heavy atom. The van der Waals surface area contributed by atoms with Crippen molar-refractivity contribution in [3.05, 3.63) is 52.9 Å². The van der Waals surface area contributed by atoms with Crippen molar-refractivity contribution in [2.75, 3.05) is 0 Å². The molecule has 0 unspecified atom stereocenters. The molecule has 3 nitrogen and oxygen atoms in total. The van der Waals surface area contributed by atoms with Crippen LogP contribution in [0.3, 0.4) is 0 Å². The summed E-state index contributed by atoms with van der Waals surface area (Å²) in [5, 5.41) is 4.22. The fourth-order valence-corrected chi connectivity index (χ4v) is 1.84. The van der Waals surface area contributed by atoms with Crippen LogP contribution in [0.25, 0.3) is 17.0 Å². The number of benzene rings is 1. The molecule has 1 aromatic carbocycles. The normalized spacial score (nSPS) is 10.9. The smallest absolute Gasteiger partial charge is 0.182 e. The van der Waals surface area contributed by atoms with Gasteiger partial charge in [0, 0.05) is 10.0 Å². The molecular formula is C12H7BrFN3. The van der Waals surface area contributed by atoms with Crippen LogP contribution >= 0.6 is 15.9 Å². The van der Waals surface area contributed by atoms with Crippen molar-refractivity contribution in [1.82, 2.24) is 14.6 Å². The SMILES string of the molecule is Fc1ccc2nc(-c3ccc(Br)cc3)nn2c1. The highest BCUT2D eigenvalue weighted by molar-refractivity contribution is 9.10. The van der Waals surface area contributed by atoms with Crippen molar-refractivity contribution >= 4 is 21.6 Å². The highest BCUT2D eigenvalue weighted by Crippen LogP contribution is 2.19. The highest BCUT2D eigenvalue weighted by atomic mass is 79.9. The molecule has 84 valence electrons. The average molecular weight is 292 g/mol. The van der Waals surface area contributed by atoms with E-state index in [0.29, 0.717) is 11.5 Å². The monoisotopic (exact) mass is 291 g/mol. The number of pyridine rings is 1. The van der Waals surface area contributed by atoms with Gasteiger partial charge in [0.1, 0.15) is 5.82 Å². The molecule has 0 aliphatic heterocycles. The van der Waals surface area contributed by atoms with Gasteiger partial charge >= 0.3 is 0 Å². The van der Waals surface area contributed by atoms with E-state index in [4.69, 9.17) is 0 Å². The maximum absolute atomic E-state index is 13.0. The van der Waals surface area contributed by atoms with E-state index in [-0.39, 0.29) is 5.82 Å². The van der Waals surface area contributed by atoms with Crippen molar-refractivity contribution in [2.24, 2.45) is 0 Å². The van der Waals surface area contributed by atoms with Gasteiger partial charge in [0.15, 0.2) is 11.5 Å². The van der Waals surface area contributed by atoms with Crippen molar-refractivity contribution in [1.29, 1.82) is 0 Å². The Balaban J connectivity index is 2.14. The first kappa shape index (κ1) is 10.4. The first-order valence-electron chi connectivity index (χ1n) is 5.00.